The van der Waals surface area contributed by atoms with Crippen molar-refractivity contribution in [2.45, 2.75) is 39.0 Å². The van der Waals surface area contributed by atoms with Gasteiger partial charge in [-0.25, -0.2) is 4.98 Å². The lowest BCUT2D eigenvalue weighted by molar-refractivity contribution is -0.127. The fourth-order valence-corrected chi connectivity index (χ4v) is 2.82. The molecule has 1 amide bonds. The molecule has 1 fully saturated rings. The fourth-order valence-electron chi connectivity index (χ4n) is 1.98. The highest BCUT2D eigenvalue weighted by molar-refractivity contribution is 7.09. The van der Waals surface area contributed by atoms with E-state index in [9.17, 15) is 4.79 Å². The molecule has 0 atom stereocenters. The number of anilines is 1. The first-order valence-corrected chi connectivity index (χ1v) is 7.48. The monoisotopic (exact) mass is 282 g/mol. The molecular weight excluding hydrogens is 260 g/mol. The van der Waals surface area contributed by atoms with E-state index in [0.717, 1.165) is 37.0 Å². The first kappa shape index (κ1) is 14.2. The Kier molecular flexibility index (Phi) is 4.08. The van der Waals surface area contributed by atoms with Gasteiger partial charge in [-0.2, -0.15) is 4.37 Å². The molecule has 0 radical (unpaired) electrons. The highest BCUT2D eigenvalue weighted by Crippen LogP contribution is 2.24. The number of nitrogens with zero attached hydrogens (tertiary/aromatic N) is 4. The van der Waals surface area contributed by atoms with Gasteiger partial charge in [0.2, 0.25) is 11.0 Å². The van der Waals surface area contributed by atoms with E-state index < -0.39 is 0 Å². The van der Waals surface area contributed by atoms with Crippen molar-refractivity contribution in [3.05, 3.63) is 5.82 Å². The van der Waals surface area contributed by atoms with Crippen LogP contribution in [0, 0.1) is 0 Å². The number of hydrogen-bond donors (Lipinski definition) is 0. The second-order valence-electron chi connectivity index (χ2n) is 6.06. The van der Waals surface area contributed by atoms with Crippen molar-refractivity contribution in [1.82, 2.24) is 14.3 Å². The van der Waals surface area contributed by atoms with Crippen molar-refractivity contribution >= 4 is 22.6 Å². The Balaban J connectivity index is 1.91. The molecule has 0 bridgehead atoms. The maximum atomic E-state index is 11.5. The van der Waals surface area contributed by atoms with Gasteiger partial charge in [0.15, 0.2) is 0 Å². The Morgan fingerprint density at radius 3 is 2.68 bits per heavy atom. The van der Waals surface area contributed by atoms with Crippen LogP contribution in [0.2, 0.25) is 0 Å². The largest absolute Gasteiger partial charge is 0.348 e. The number of rotatable bonds is 4. The van der Waals surface area contributed by atoms with Crippen molar-refractivity contribution in [3.63, 3.8) is 0 Å². The van der Waals surface area contributed by atoms with Crippen molar-refractivity contribution in [1.29, 1.82) is 0 Å². The fraction of sp³-hybridized carbons (Fsp3) is 0.769. The van der Waals surface area contributed by atoms with Gasteiger partial charge in [0.1, 0.15) is 5.82 Å². The summed E-state index contributed by atoms with van der Waals surface area (Å²) in [6.07, 6.45) is 1.70. The minimum atomic E-state index is -0.0134. The lowest BCUT2D eigenvalue weighted by atomic mass is 9.96. The van der Waals surface area contributed by atoms with Crippen molar-refractivity contribution in [2.24, 2.45) is 0 Å². The molecule has 19 heavy (non-hydrogen) atoms. The molecule has 6 heteroatoms. The van der Waals surface area contributed by atoms with Gasteiger partial charge in [-0.05, 0) is 6.42 Å². The Hall–Kier alpha value is -1.17. The zero-order valence-corrected chi connectivity index (χ0v) is 13.0. The number of hydrogen-bond acceptors (Lipinski definition) is 5. The van der Waals surface area contributed by atoms with Crippen molar-refractivity contribution in [3.8, 4) is 0 Å². The van der Waals surface area contributed by atoms with Gasteiger partial charge in [0, 0.05) is 50.1 Å². The van der Waals surface area contributed by atoms with E-state index in [0.29, 0.717) is 6.42 Å². The first-order chi connectivity index (χ1) is 8.88. The summed E-state index contributed by atoms with van der Waals surface area (Å²) in [7, 11) is 2.01. The maximum Gasteiger partial charge on any atom is 0.222 e. The number of likely N-dealkylation sites (N-methyl/N-ethyl adjacent to an activating group) is 1. The summed E-state index contributed by atoms with van der Waals surface area (Å²) in [5.41, 5.74) is -0.0134. The summed E-state index contributed by atoms with van der Waals surface area (Å²) in [6, 6.07) is 0. The van der Waals surface area contributed by atoms with Crippen LogP contribution in [0.3, 0.4) is 0 Å². The van der Waals surface area contributed by atoms with Gasteiger partial charge in [0.25, 0.3) is 0 Å². The third kappa shape index (κ3) is 3.43. The summed E-state index contributed by atoms with van der Waals surface area (Å²) >= 11 is 1.43. The molecule has 2 heterocycles. The molecule has 1 aliphatic heterocycles. The van der Waals surface area contributed by atoms with E-state index in [4.69, 9.17) is 0 Å². The van der Waals surface area contributed by atoms with E-state index in [1.54, 1.807) is 0 Å². The number of aromatic nitrogens is 2. The third-order valence-corrected chi connectivity index (χ3v) is 4.12. The maximum absolute atomic E-state index is 11.5. The van der Waals surface area contributed by atoms with Gasteiger partial charge in [0.05, 0.1) is 0 Å². The van der Waals surface area contributed by atoms with Crippen LogP contribution in [0.4, 0.5) is 5.13 Å². The zero-order valence-electron chi connectivity index (χ0n) is 12.1. The Morgan fingerprint density at radius 1 is 1.42 bits per heavy atom. The smallest absolute Gasteiger partial charge is 0.222 e. The highest BCUT2D eigenvalue weighted by Gasteiger charge is 2.22. The van der Waals surface area contributed by atoms with E-state index in [1.807, 2.05) is 11.9 Å². The molecule has 1 aromatic heterocycles. The van der Waals surface area contributed by atoms with Crippen LogP contribution in [0.1, 0.15) is 39.4 Å². The van der Waals surface area contributed by atoms with Gasteiger partial charge in [-0.1, -0.05) is 20.8 Å². The number of amides is 1. The SMILES string of the molecule is CN(CCN1CCCC1=O)c1nc(C(C)(C)C)ns1. The molecule has 1 aromatic rings. The Labute approximate surface area is 118 Å². The summed E-state index contributed by atoms with van der Waals surface area (Å²) in [6.45, 7) is 8.82. The minimum Gasteiger partial charge on any atom is -0.348 e. The summed E-state index contributed by atoms with van der Waals surface area (Å²) in [5.74, 6) is 1.16. The van der Waals surface area contributed by atoms with Crippen LogP contribution in [0.15, 0.2) is 0 Å². The predicted molar refractivity (Wildman–Crippen MR) is 77.7 cm³/mol. The van der Waals surface area contributed by atoms with Gasteiger partial charge >= 0.3 is 0 Å². The Bertz CT molecular complexity index is 452. The van der Waals surface area contributed by atoms with E-state index >= 15 is 0 Å². The first-order valence-electron chi connectivity index (χ1n) is 6.71. The second kappa shape index (κ2) is 5.45. The lowest BCUT2D eigenvalue weighted by Crippen LogP contribution is -2.34. The van der Waals surface area contributed by atoms with Crippen molar-refractivity contribution < 1.29 is 4.79 Å². The summed E-state index contributed by atoms with van der Waals surface area (Å²) in [5, 5.41) is 0.927. The van der Waals surface area contributed by atoms with Crippen molar-refractivity contribution in [2.75, 3.05) is 31.6 Å². The van der Waals surface area contributed by atoms with Gasteiger partial charge in [-0.3, -0.25) is 4.79 Å². The van der Waals surface area contributed by atoms with Crippen LogP contribution in [0.25, 0.3) is 0 Å². The van der Waals surface area contributed by atoms with E-state index in [-0.39, 0.29) is 11.3 Å². The van der Waals surface area contributed by atoms with Crippen LogP contribution >= 0.6 is 11.5 Å². The minimum absolute atomic E-state index is 0.0134. The molecule has 0 aliphatic carbocycles. The predicted octanol–water partition coefficient (Wildman–Crippen LogP) is 1.89. The molecule has 1 saturated heterocycles. The van der Waals surface area contributed by atoms with Crippen LogP contribution in [-0.4, -0.2) is 46.8 Å². The number of carbonyl (C=O) groups is 1. The quantitative estimate of drug-likeness (QED) is 0.846. The normalized spacial score (nSPS) is 16.2. The van der Waals surface area contributed by atoms with Crippen LogP contribution in [0.5, 0.6) is 0 Å². The average Bonchev–Trinajstić information content (AvgIpc) is 2.93. The van der Waals surface area contributed by atoms with Gasteiger partial charge in [-0.15, -0.1) is 0 Å². The molecule has 0 unspecified atom stereocenters. The van der Waals surface area contributed by atoms with Gasteiger partial charge < -0.3 is 9.80 Å². The molecule has 0 N–H and O–H groups in total. The Morgan fingerprint density at radius 2 is 2.16 bits per heavy atom. The standard InChI is InChI=1S/C13H22N4OS/c1-13(2,3)11-14-12(19-15-11)16(4)8-9-17-7-5-6-10(17)18/h5-9H2,1-4H3. The number of likely N-dealkylation sites (tertiary alicyclic amines) is 1. The third-order valence-electron chi connectivity index (χ3n) is 3.29. The summed E-state index contributed by atoms with van der Waals surface area (Å²) < 4.78 is 4.41. The topological polar surface area (TPSA) is 49.3 Å². The number of carbonyl (C=O) groups excluding carboxylic acids is 1. The molecule has 0 spiro atoms. The van der Waals surface area contributed by atoms with Crippen LogP contribution < -0.4 is 4.90 Å². The molecule has 0 aromatic carbocycles. The van der Waals surface area contributed by atoms with E-state index in [1.165, 1.54) is 11.5 Å². The molecule has 106 valence electrons. The molecule has 5 nitrogen and oxygen atoms in total. The molecule has 2 rings (SSSR count). The lowest BCUT2D eigenvalue weighted by Gasteiger charge is -2.21. The zero-order chi connectivity index (χ0) is 14.0. The highest BCUT2D eigenvalue weighted by atomic mass is 32.1. The summed E-state index contributed by atoms with van der Waals surface area (Å²) in [4.78, 5) is 20.1. The average molecular weight is 282 g/mol. The van der Waals surface area contributed by atoms with E-state index in [2.05, 4.69) is 35.0 Å². The van der Waals surface area contributed by atoms with Crippen LogP contribution in [-0.2, 0) is 10.2 Å². The molecule has 0 saturated carbocycles. The second-order valence-corrected chi connectivity index (χ2v) is 6.79. The molecular formula is C13H22N4OS. The molecule has 1 aliphatic rings.